The lowest BCUT2D eigenvalue weighted by Crippen LogP contribution is -2.26. The predicted octanol–water partition coefficient (Wildman–Crippen LogP) is 3.55. The number of halogens is 1. The van der Waals surface area contributed by atoms with E-state index in [4.69, 9.17) is 16.3 Å². The Balaban J connectivity index is 1.51. The Morgan fingerprint density at radius 1 is 1.12 bits per heavy atom. The molecule has 10 heteroatoms. The van der Waals surface area contributed by atoms with E-state index in [2.05, 4.69) is 20.8 Å². The molecule has 0 radical (unpaired) electrons. The maximum absolute atomic E-state index is 12.3. The summed E-state index contributed by atoms with van der Waals surface area (Å²) in [6.45, 7) is 2.84. The molecule has 0 saturated heterocycles. The Bertz CT molecular complexity index is 1070. The van der Waals surface area contributed by atoms with E-state index >= 15 is 0 Å². The molecule has 0 aliphatic rings. The van der Waals surface area contributed by atoms with Crippen LogP contribution in [0.2, 0.25) is 5.02 Å². The average molecular weight is 474 g/mol. The fourth-order valence-corrected chi connectivity index (χ4v) is 3.95. The van der Waals surface area contributed by atoms with Crippen LogP contribution >= 0.6 is 23.4 Å². The maximum atomic E-state index is 12.3. The lowest BCUT2D eigenvalue weighted by Gasteiger charge is -2.09. The normalized spacial score (nSPS) is 10.6. The molecule has 3 rings (SSSR count). The standard InChI is InChI=1S/C22H24ClN5O3S/c1-3-28-19(13-24-20(29)11-15-7-9-18(31-2)10-8-15)26-27-22(28)32-14-21(30)25-17-6-4-5-16(23)12-17/h4-10,12H,3,11,13-14H2,1-2H3,(H,24,29)(H,25,30). The number of thioether (sulfide) groups is 1. The number of anilines is 1. The first-order valence-corrected chi connectivity index (χ1v) is 11.3. The van der Waals surface area contributed by atoms with Gasteiger partial charge in [-0.25, -0.2) is 0 Å². The third kappa shape index (κ3) is 6.73. The highest BCUT2D eigenvalue weighted by Gasteiger charge is 2.14. The van der Waals surface area contributed by atoms with Crippen LogP contribution in [0.5, 0.6) is 5.75 Å². The minimum Gasteiger partial charge on any atom is -0.497 e. The highest BCUT2D eigenvalue weighted by atomic mass is 35.5. The van der Waals surface area contributed by atoms with Crippen LogP contribution in [0.3, 0.4) is 0 Å². The second-order valence-electron chi connectivity index (χ2n) is 6.79. The van der Waals surface area contributed by atoms with Gasteiger partial charge in [-0.2, -0.15) is 0 Å². The van der Waals surface area contributed by atoms with Gasteiger partial charge in [-0.15, -0.1) is 10.2 Å². The predicted molar refractivity (Wildman–Crippen MR) is 125 cm³/mol. The SMILES string of the molecule is CCn1c(CNC(=O)Cc2ccc(OC)cc2)nnc1SCC(=O)Nc1cccc(Cl)c1. The monoisotopic (exact) mass is 473 g/mol. The zero-order valence-electron chi connectivity index (χ0n) is 17.8. The number of aromatic nitrogens is 3. The van der Waals surface area contributed by atoms with Gasteiger partial charge in [0.15, 0.2) is 11.0 Å². The molecule has 0 spiro atoms. The summed E-state index contributed by atoms with van der Waals surface area (Å²) in [4.78, 5) is 24.5. The molecule has 2 N–H and O–H groups in total. The molecule has 0 saturated carbocycles. The second kappa shape index (κ2) is 11.5. The lowest BCUT2D eigenvalue weighted by molar-refractivity contribution is -0.120. The van der Waals surface area contributed by atoms with Crippen molar-refractivity contribution >= 4 is 40.9 Å². The van der Waals surface area contributed by atoms with E-state index < -0.39 is 0 Å². The van der Waals surface area contributed by atoms with Crippen molar-refractivity contribution in [2.75, 3.05) is 18.2 Å². The summed E-state index contributed by atoms with van der Waals surface area (Å²) in [5, 5.41) is 15.2. The second-order valence-corrected chi connectivity index (χ2v) is 8.17. The minimum absolute atomic E-state index is 0.115. The smallest absolute Gasteiger partial charge is 0.234 e. The van der Waals surface area contributed by atoms with Crippen molar-refractivity contribution in [3.8, 4) is 5.75 Å². The molecule has 1 heterocycles. The maximum Gasteiger partial charge on any atom is 0.234 e. The van der Waals surface area contributed by atoms with E-state index in [0.29, 0.717) is 28.2 Å². The van der Waals surface area contributed by atoms with E-state index in [-0.39, 0.29) is 30.5 Å². The number of hydrogen-bond acceptors (Lipinski definition) is 6. The van der Waals surface area contributed by atoms with Gasteiger partial charge < -0.3 is 19.9 Å². The summed E-state index contributed by atoms with van der Waals surface area (Å²) >= 11 is 7.22. The zero-order chi connectivity index (χ0) is 22.9. The molecule has 0 aliphatic heterocycles. The summed E-state index contributed by atoms with van der Waals surface area (Å²) in [6, 6.07) is 14.3. The van der Waals surface area contributed by atoms with Gasteiger partial charge in [-0.05, 0) is 42.8 Å². The quantitative estimate of drug-likeness (QED) is 0.437. The van der Waals surface area contributed by atoms with Gasteiger partial charge in [-0.3, -0.25) is 9.59 Å². The number of rotatable bonds is 10. The van der Waals surface area contributed by atoms with Crippen LogP contribution in [0.1, 0.15) is 18.3 Å². The van der Waals surface area contributed by atoms with E-state index in [1.54, 1.807) is 31.4 Å². The number of methoxy groups -OCH3 is 1. The number of hydrogen-bond donors (Lipinski definition) is 2. The van der Waals surface area contributed by atoms with Crippen molar-refractivity contribution in [3.05, 3.63) is 64.9 Å². The van der Waals surface area contributed by atoms with Gasteiger partial charge in [0.05, 0.1) is 25.8 Å². The largest absolute Gasteiger partial charge is 0.497 e. The highest BCUT2D eigenvalue weighted by Crippen LogP contribution is 2.19. The summed E-state index contributed by atoms with van der Waals surface area (Å²) in [5.74, 6) is 1.27. The topological polar surface area (TPSA) is 98.1 Å². The molecule has 0 bridgehead atoms. The van der Waals surface area contributed by atoms with Crippen LogP contribution in [0, 0.1) is 0 Å². The average Bonchev–Trinajstić information content (AvgIpc) is 3.18. The van der Waals surface area contributed by atoms with Gasteiger partial charge >= 0.3 is 0 Å². The Hall–Kier alpha value is -3.04. The zero-order valence-corrected chi connectivity index (χ0v) is 19.4. The fourth-order valence-electron chi connectivity index (χ4n) is 2.94. The molecule has 1 aromatic heterocycles. The van der Waals surface area contributed by atoms with E-state index in [1.807, 2.05) is 35.8 Å². The number of ether oxygens (including phenoxy) is 1. The van der Waals surface area contributed by atoms with Gasteiger partial charge in [-0.1, -0.05) is 41.6 Å². The number of nitrogens with zero attached hydrogens (tertiary/aromatic N) is 3. The first-order chi connectivity index (χ1) is 15.5. The summed E-state index contributed by atoms with van der Waals surface area (Å²) in [5.41, 5.74) is 1.53. The van der Waals surface area contributed by atoms with Crippen LogP contribution in [0.15, 0.2) is 53.7 Å². The number of nitrogens with one attached hydrogen (secondary N) is 2. The summed E-state index contributed by atoms with van der Waals surface area (Å²) in [6.07, 6.45) is 0.259. The molecule has 0 unspecified atom stereocenters. The van der Waals surface area contributed by atoms with Crippen molar-refractivity contribution in [3.63, 3.8) is 0 Å². The van der Waals surface area contributed by atoms with Crippen LogP contribution in [0.4, 0.5) is 5.69 Å². The third-order valence-electron chi connectivity index (χ3n) is 4.52. The van der Waals surface area contributed by atoms with Gasteiger partial charge in [0.2, 0.25) is 11.8 Å². The van der Waals surface area contributed by atoms with E-state index in [0.717, 1.165) is 11.3 Å². The molecule has 0 atom stereocenters. The molecule has 3 aromatic rings. The molecule has 2 amide bonds. The van der Waals surface area contributed by atoms with Crippen molar-refractivity contribution in [2.45, 2.75) is 31.6 Å². The summed E-state index contributed by atoms with van der Waals surface area (Å²) < 4.78 is 7.01. The molecule has 32 heavy (non-hydrogen) atoms. The van der Waals surface area contributed by atoms with Crippen LogP contribution in [0.25, 0.3) is 0 Å². The lowest BCUT2D eigenvalue weighted by atomic mass is 10.1. The van der Waals surface area contributed by atoms with Gasteiger partial charge in [0.1, 0.15) is 5.75 Å². The first kappa shape index (κ1) is 23.6. The first-order valence-electron chi connectivity index (χ1n) is 9.98. The Morgan fingerprint density at radius 2 is 1.91 bits per heavy atom. The Labute approximate surface area is 195 Å². The molecule has 168 valence electrons. The van der Waals surface area contributed by atoms with Crippen molar-refractivity contribution < 1.29 is 14.3 Å². The number of amides is 2. The molecular formula is C22H24ClN5O3S. The molecule has 0 aliphatic carbocycles. The van der Waals surface area contributed by atoms with E-state index in [1.165, 1.54) is 11.8 Å². The van der Waals surface area contributed by atoms with Crippen LogP contribution < -0.4 is 15.4 Å². The third-order valence-corrected chi connectivity index (χ3v) is 5.72. The Morgan fingerprint density at radius 3 is 2.59 bits per heavy atom. The Kier molecular flexibility index (Phi) is 8.52. The number of carbonyl (C=O) groups excluding carboxylic acids is 2. The van der Waals surface area contributed by atoms with Crippen LogP contribution in [-0.2, 0) is 29.1 Å². The highest BCUT2D eigenvalue weighted by molar-refractivity contribution is 7.99. The summed E-state index contributed by atoms with van der Waals surface area (Å²) in [7, 11) is 1.60. The molecule has 0 fully saturated rings. The number of benzene rings is 2. The fraction of sp³-hybridized carbons (Fsp3) is 0.273. The van der Waals surface area contributed by atoms with Crippen LogP contribution in [-0.4, -0.2) is 39.4 Å². The van der Waals surface area contributed by atoms with E-state index in [9.17, 15) is 9.59 Å². The minimum atomic E-state index is -0.169. The molecule has 2 aromatic carbocycles. The molecular weight excluding hydrogens is 450 g/mol. The van der Waals surface area contributed by atoms with Crippen molar-refractivity contribution in [1.82, 2.24) is 20.1 Å². The van der Waals surface area contributed by atoms with Crippen molar-refractivity contribution in [2.24, 2.45) is 0 Å². The number of carbonyl (C=O) groups is 2. The van der Waals surface area contributed by atoms with Gasteiger partial charge in [0, 0.05) is 17.3 Å². The van der Waals surface area contributed by atoms with Crippen molar-refractivity contribution in [1.29, 1.82) is 0 Å². The molecule has 8 nitrogen and oxygen atoms in total. The van der Waals surface area contributed by atoms with Gasteiger partial charge in [0.25, 0.3) is 0 Å².